The minimum Gasteiger partial charge on any atom is -0.506 e. The lowest BCUT2D eigenvalue weighted by Crippen LogP contribution is -2.12. The van der Waals surface area contributed by atoms with Crippen molar-refractivity contribution < 1.29 is 14.7 Å². The Morgan fingerprint density at radius 3 is 2.33 bits per heavy atom. The number of nitrogens with one attached hydrogen (secondary N) is 2. The SMILES string of the molecule is CC(=O)Nc1cc(O)c(NC(=O)c2ccccc2)cc1Cl. The van der Waals surface area contributed by atoms with Crippen molar-refractivity contribution in [1.29, 1.82) is 0 Å². The topological polar surface area (TPSA) is 78.4 Å². The van der Waals surface area contributed by atoms with Gasteiger partial charge in [-0.25, -0.2) is 0 Å². The highest BCUT2D eigenvalue weighted by molar-refractivity contribution is 6.34. The Hall–Kier alpha value is -2.53. The van der Waals surface area contributed by atoms with Crippen molar-refractivity contribution in [3.8, 4) is 5.75 Å². The lowest BCUT2D eigenvalue weighted by molar-refractivity contribution is -0.114. The van der Waals surface area contributed by atoms with E-state index in [2.05, 4.69) is 10.6 Å². The van der Waals surface area contributed by atoms with Gasteiger partial charge in [0, 0.05) is 18.6 Å². The van der Waals surface area contributed by atoms with Crippen molar-refractivity contribution in [3.63, 3.8) is 0 Å². The maximum absolute atomic E-state index is 12.0. The molecule has 2 aromatic carbocycles. The first-order chi connectivity index (χ1) is 9.97. The molecule has 0 aliphatic heterocycles. The first-order valence-electron chi connectivity index (χ1n) is 6.14. The second kappa shape index (κ2) is 6.28. The van der Waals surface area contributed by atoms with Gasteiger partial charge in [-0.3, -0.25) is 9.59 Å². The fourth-order valence-electron chi connectivity index (χ4n) is 1.73. The Morgan fingerprint density at radius 1 is 1.05 bits per heavy atom. The van der Waals surface area contributed by atoms with Crippen LogP contribution in [0.5, 0.6) is 5.75 Å². The number of phenolic OH excluding ortho intramolecular Hbond substituents is 1. The molecule has 2 rings (SSSR count). The molecule has 0 aliphatic rings. The summed E-state index contributed by atoms with van der Waals surface area (Å²) in [6.45, 7) is 1.33. The van der Waals surface area contributed by atoms with Crippen LogP contribution in [-0.4, -0.2) is 16.9 Å². The van der Waals surface area contributed by atoms with Gasteiger partial charge in [0.05, 0.1) is 16.4 Å². The van der Waals surface area contributed by atoms with E-state index in [9.17, 15) is 14.7 Å². The monoisotopic (exact) mass is 304 g/mol. The van der Waals surface area contributed by atoms with Crippen LogP contribution in [0.3, 0.4) is 0 Å². The third kappa shape index (κ3) is 3.73. The molecule has 0 heterocycles. The van der Waals surface area contributed by atoms with E-state index in [-0.39, 0.29) is 34.0 Å². The third-order valence-corrected chi connectivity index (χ3v) is 2.99. The van der Waals surface area contributed by atoms with E-state index >= 15 is 0 Å². The number of halogens is 1. The highest BCUT2D eigenvalue weighted by Gasteiger charge is 2.12. The van der Waals surface area contributed by atoms with Gasteiger partial charge in [-0.2, -0.15) is 0 Å². The normalized spacial score (nSPS) is 10.0. The summed E-state index contributed by atoms with van der Waals surface area (Å²) in [4.78, 5) is 23.0. The van der Waals surface area contributed by atoms with Crippen LogP contribution in [0.1, 0.15) is 17.3 Å². The van der Waals surface area contributed by atoms with Gasteiger partial charge in [-0.15, -0.1) is 0 Å². The third-order valence-electron chi connectivity index (χ3n) is 2.68. The lowest BCUT2D eigenvalue weighted by atomic mass is 10.2. The van der Waals surface area contributed by atoms with Crippen LogP contribution in [0, 0.1) is 0 Å². The van der Waals surface area contributed by atoms with Gasteiger partial charge in [0.25, 0.3) is 5.91 Å². The molecule has 0 spiro atoms. The second-order valence-corrected chi connectivity index (χ2v) is 4.76. The summed E-state index contributed by atoms with van der Waals surface area (Å²) in [5.41, 5.74) is 0.904. The van der Waals surface area contributed by atoms with Gasteiger partial charge < -0.3 is 15.7 Å². The summed E-state index contributed by atoms with van der Waals surface area (Å²) in [6, 6.07) is 11.2. The number of phenols is 1. The van der Waals surface area contributed by atoms with E-state index in [0.717, 1.165) is 0 Å². The summed E-state index contributed by atoms with van der Waals surface area (Å²) < 4.78 is 0. The minimum atomic E-state index is -0.366. The number of carbonyl (C=O) groups is 2. The molecular formula is C15H13ClN2O3. The van der Waals surface area contributed by atoms with Crippen molar-refractivity contribution in [2.24, 2.45) is 0 Å². The molecule has 0 aliphatic carbocycles. The van der Waals surface area contributed by atoms with Crippen molar-refractivity contribution in [1.82, 2.24) is 0 Å². The standard InChI is InChI=1S/C15H13ClN2O3/c1-9(19)17-12-8-14(20)13(7-11(12)16)18-15(21)10-5-3-2-4-6-10/h2-8,20H,1H3,(H,17,19)(H,18,21). The smallest absolute Gasteiger partial charge is 0.255 e. The van der Waals surface area contributed by atoms with Crippen LogP contribution in [0.25, 0.3) is 0 Å². The summed E-state index contributed by atoms with van der Waals surface area (Å²) in [7, 11) is 0. The Balaban J connectivity index is 2.23. The number of hydrogen-bond donors (Lipinski definition) is 3. The average molecular weight is 305 g/mol. The highest BCUT2D eigenvalue weighted by Crippen LogP contribution is 2.34. The predicted molar refractivity (Wildman–Crippen MR) is 81.8 cm³/mol. The van der Waals surface area contributed by atoms with E-state index in [4.69, 9.17) is 11.6 Å². The predicted octanol–water partition coefficient (Wildman–Crippen LogP) is 3.26. The summed E-state index contributed by atoms with van der Waals surface area (Å²) in [5.74, 6) is -0.862. The maximum atomic E-state index is 12.0. The van der Waals surface area contributed by atoms with Gasteiger partial charge in [0.2, 0.25) is 5.91 Å². The largest absolute Gasteiger partial charge is 0.506 e. The molecule has 108 valence electrons. The fourth-order valence-corrected chi connectivity index (χ4v) is 1.94. The average Bonchev–Trinajstić information content (AvgIpc) is 2.44. The number of anilines is 2. The molecule has 6 heteroatoms. The second-order valence-electron chi connectivity index (χ2n) is 4.35. The summed E-state index contributed by atoms with van der Waals surface area (Å²) in [5, 5.41) is 15.2. The number of aromatic hydroxyl groups is 1. The molecule has 0 aromatic heterocycles. The van der Waals surface area contributed by atoms with Gasteiger partial charge in [0.1, 0.15) is 5.75 Å². The van der Waals surface area contributed by atoms with Crippen LogP contribution in [0.4, 0.5) is 11.4 Å². The molecule has 3 N–H and O–H groups in total. The highest BCUT2D eigenvalue weighted by atomic mass is 35.5. The van der Waals surface area contributed by atoms with Crippen LogP contribution in [0.15, 0.2) is 42.5 Å². The Bertz CT molecular complexity index is 687. The first-order valence-corrected chi connectivity index (χ1v) is 6.51. The molecule has 0 unspecified atom stereocenters. The van der Waals surface area contributed by atoms with Crippen molar-refractivity contribution in [2.45, 2.75) is 6.92 Å². The summed E-state index contributed by atoms with van der Waals surface area (Å²) >= 11 is 6.00. The van der Waals surface area contributed by atoms with Crippen LogP contribution < -0.4 is 10.6 Å². The van der Waals surface area contributed by atoms with Crippen LogP contribution in [0.2, 0.25) is 5.02 Å². The zero-order valence-electron chi connectivity index (χ0n) is 11.2. The molecule has 0 radical (unpaired) electrons. The molecule has 0 bridgehead atoms. The summed E-state index contributed by atoms with van der Waals surface area (Å²) in [6.07, 6.45) is 0. The van der Waals surface area contributed by atoms with Gasteiger partial charge in [-0.1, -0.05) is 29.8 Å². The number of amides is 2. The molecule has 0 saturated carbocycles. The van der Waals surface area contributed by atoms with E-state index in [1.54, 1.807) is 30.3 Å². The lowest BCUT2D eigenvalue weighted by Gasteiger charge is -2.11. The molecule has 21 heavy (non-hydrogen) atoms. The van der Waals surface area contributed by atoms with Gasteiger partial charge in [0.15, 0.2) is 0 Å². The van der Waals surface area contributed by atoms with Crippen molar-refractivity contribution in [3.05, 3.63) is 53.1 Å². The zero-order chi connectivity index (χ0) is 15.4. The Labute approximate surface area is 126 Å². The molecule has 0 fully saturated rings. The van der Waals surface area contributed by atoms with E-state index < -0.39 is 0 Å². The molecule has 0 atom stereocenters. The molecule has 5 nitrogen and oxygen atoms in total. The number of carbonyl (C=O) groups excluding carboxylic acids is 2. The number of hydrogen-bond acceptors (Lipinski definition) is 3. The number of rotatable bonds is 3. The van der Waals surface area contributed by atoms with E-state index in [1.807, 2.05) is 0 Å². The fraction of sp³-hybridized carbons (Fsp3) is 0.0667. The van der Waals surface area contributed by atoms with E-state index in [0.29, 0.717) is 5.56 Å². The molecule has 2 aromatic rings. The minimum absolute atomic E-state index is 0.169. The first kappa shape index (κ1) is 14.9. The van der Waals surface area contributed by atoms with Crippen LogP contribution >= 0.6 is 11.6 Å². The quantitative estimate of drug-likeness (QED) is 0.762. The zero-order valence-corrected chi connectivity index (χ0v) is 11.9. The van der Waals surface area contributed by atoms with Crippen molar-refractivity contribution in [2.75, 3.05) is 10.6 Å². The molecular weight excluding hydrogens is 292 g/mol. The number of benzene rings is 2. The van der Waals surface area contributed by atoms with Gasteiger partial charge in [-0.05, 0) is 18.2 Å². The molecule has 2 amide bonds. The maximum Gasteiger partial charge on any atom is 0.255 e. The Kier molecular flexibility index (Phi) is 4.45. The van der Waals surface area contributed by atoms with Crippen molar-refractivity contribution >= 4 is 34.8 Å². The van der Waals surface area contributed by atoms with Crippen LogP contribution in [-0.2, 0) is 4.79 Å². The Morgan fingerprint density at radius 2 is 1.71 bits per heavy atom. The van der Waals surface area contributed by atoms with E-state index in [1.165, 1.54) is 19.1 Å². The van der Waals surface area contributed by atoms with Gasteiger partial charge >= 0.3 is 0 Å². The molecule has 0 saturated heterocycles.